The van der Waals surface area contributed by atoms with Crippen LogP contribution in [0.4, 0.5) is 5.82 Å². The van der Waals surface area contributed by atoms with E-state index in [4.69, 9.17) is 0 Å². The van der Waals surface area contributed by atoms with Gasteiger partial charge in [-0.1, -0.05) is 27.7 Å². The van der Waals surface area contributed by atoms with Crippen molar-refractivity contribution in [3.05, 3.63) is 21.6 Å². The van der Waals surface area contributed by atoms with Crippen LogP contribution in [-0.2, 0) is 11.8 Å². The molecule has 0 aliphatic carbocycles. The summed E-state index contributed by atoms with van der Waals surface area (Å²) in [5.41, 5.74) is 3.12. The third-order valence-corrected chi connectivity index (χ3v) is 4.45. The van der Waals surface area contributed by atoms with Crippen molar-refractivity contribution in [2.24, 2.45) is 0 Å². The summed E-state index contributed by atoms with van der Waals surface area (Å²) in [4.78, 5) is 13.9. The third kappa shape index (κ3) is 2.82. The SMILES string of the molecule is CCc1c(C)nc(-c2csc(C(C)(C)C)n2)nc1NC. The van der Waals surface area contributed by atoms with Crippen molar-refractivity contribution in [3.63, 3.8) is 0 Å². The van der Waals surface area contributed by atoms with Gasteiger partial charge in [0.2, 0.25) is 0 Å². The minimum atomic E-state index is 0.0627. The molecule has 0 spiro atoms. The normalized spacial score (nSPS) is 11.7. The Morgan fingerprint density at radius 1 is 1.20 bits per heavy atom. The second kappa shape index (κ2) is 5.48. The van der Waals surface area contributed by atoms with Gasteiger partial charge in [0, 0.05) is 29.1 Å². The van der Waals surface area contributed by atoms with E-state index in [0.717, 1.165) is 28.6 Å². The number of nitrogens with one attached hydrogen (secondary N) is 1. The summed E-state index contributed by atoms with van der Waals surface area (Å²) in [6.07, 6.45) is 0.923. The molecule has 0 bridgehead atoms. The summed E-state index contributed by atoms with van der Waals surface area (Å²) in [7, 11) is 1.90. The molecule has 0 saturated heterocycles. The molecule has 0 fully saturated rings. The maximum atomic E-state index is 4.69. The number of aromatic nitrogens is 3. The zero-order chi connectivity index (χ0) is 14.9. The molecule has 2 aromatic rings. The van der Waals surface area contributed by atoms with Crippen LogP contribution in [0.5, 0.6) is 0 Å². The Labute approximate surface area is 124 Å². The Bertz CT molecular complexity index is 611. The van der Waals surface area contributed by atoms with E-state index in [1.54, 1.807) is 11.3 Å². The molecule has 4 nitrogen and oxygen atoms in total. The molecule has 0 amide bonds. The molecule has 0 saturated carbocycles. The average molecular weight is 290 g/mol. The van der Waals surface area contributed by atoms with Gasteiger partial charge < -0.3 is 5.32 Å². The molecular formula is C15H22N4S. The van der Waals surface area contributed by atoms with Gasteiger partial charge in [-0.2, -0.15) is 0 Å². The molecule has 0 atom stereocenters. The summed E-state index contributed by atoms with van der Waals surface area (Å²) in [5, 5.41) is 6.31. The smallest absolute Gasteiger partial charge is 0.181 e. The van der Waals surface area contributed by atoms with Gasteiger partial charge in [-0.3, -0.25) is 0 Å². The molecule has 2 aromatic heterocycles. The lowest BCUT2D eigenvalue weighted by molar-refractivity contribution is 0.586. The van der Waals surface area contributed by atoms with Gasteiger partial charge in [0.05, 0.1) is 5.01 Å². The van der Waals surface area contributed by atoms with Crippen LogP contribution in [0.2, 0.25) is 0 Å². The zero-order valence-electron chi connectivity index (χ0n) is 13.0. The first-order valence-corrected chi connectivity index (χ1v) is 7.76. The largest absolute Gasteiger partial charge is 0.373 e. The molecule has 5 heteroatoms. The van der Waals surface area contributed by atoms with Crippen molar-refractivity contribution in [2.75, 3.05) is 12.4 Å². The molecule has 1 N–H and O–H groups in total. The molecule has 20 heavy (non-hydrogen) atoms. The van der Waals surface area contributed by atoms with Crippen molar-refractivity contribution in [2.45, 2.75) is 46.5 Å². The average Bonchev–Trinajstić information content (AvgIpc) is 2.87. The lowest BCUT2D eigenvalue weighted by atomic mass is 9.98. The van der Waals surface area contributed by atoms with Crippen LogP contribution < -0.4 is 5.32 Å². The summed E-state index contributed by atoms with van der Waals surface area (Å²) in [6, 6.07) is 0. The number of hydrogen-bond donors (Lipinski definition) is 1. The van der Waals surface area contributed by atoms with E-state index in [-0.39, 0.29) is 5.41 Å². The van der Waals surface area contributed by atoms with Crippen LogP contribution in [0.15, 0.2) is 5.38 Å². The lowest BCUT2D eigenvalue weighted by Gasteiger charge is -2.13. The fourth-order valence-corrected chi connectivity index (χ4v) is 2.95. The number of hydrogen-bond acceptors (Lipinski definition) is 5. The number of thiazole rings is 1. The Morgan fingerprint density at radius 2 is 1.90 bits per heavy atom. The molecule has 0 radical (unpaired) electrons. The van der Waals surface area contributed by atoms with E-state index >= 15 is 0 Å². The molecule has 0 aromatic carbocycles. The maximum Gasteiger partial charge on any atom is 0.181 e. The fourth-order valence-electron chi connectivity index (χ4n) is 2.06. The second-order valence-corrected chi connectivity index (χ2v) is 6.71. The summed E-state index contributed by atoms with van der Waals surface area (Å²) >= 11 is 1.67. The van der Waals surface area contributed by atoms with E-state index in [9.17, 15) is 0 Å². The zero-order valence-corrected chi connectivity index (χ0v) is 13.9. The molecule has 0 aliphatic heterocycles. The Balaban J connectivity index is 2.48. The number of aryl methyl sites for hydroxylation is 1. The van der Waals surface area contributed by atoms with E-state index in [1.807, 2.05) is 19.4 Å². The van der Waals surface area contributed by atoms with Crippen LogP contribution in [0.3, 0.4) is 0 Å². The van der Waals surface area contributed by atoms with Gasteiger partial charge >= 0.3 is 0 Å². The second-order valence-electron chi connectivity index (χ2n) is 5.85. The standard InChI is InChI=1S/C15H22N4S/c1-7-10-9(2)17-13(19-12(10)16-6)11-8-20-14(18-11)15(3,4)5/h8H,7H2,1-6H3,(H,16,17,19). The van der Waals surface area contributed by atoms with E-state index in [1.165, 1.54) is 5.56 Å². The summed E-state index contributed by atoms with van der Waals surface area (Å²) in [6.45, 7) is 10.7. The van der Waals surface area contributed by atoms with Crippen molar-refractivity contribution in [3.8, 4) is 11.5 Å². The Morgan fingerprint density at radius 3 is 2.40 bits per heavy atom. The van der Waals surface area contributed by atoms with Crippen molar-refractivity contribution < 1.29 is 0 Å². The van der Waals surface area contributed by atoms with E-state index < -0.39 is 0 Å². The van der Waals surface area contributed by atoms with E-state index in [2.05, 4.69) is 48.0 Å². The van der Waals surface area contributed by atoms with Crippen LogP contribution in [0.1, 0.15) is 44.0 Å². The van der Waals surface area contributed by atoms with Gasteiger partial charge in [-0.05, 0) is 13.3 Å². The molecule has 2 heterocycles. The minimum Gasteiger partial charge on any atom is -0.373 e. The molecule has 2 rings (SSSR count). The number of nitrogens with zero attached hydrogens (tertiary/aromatic N) is 3. The predicted molar refractivity (Wildman–Crippen MR) is 85.5 cm³/mol. The molecule has 108 valence electrons. The van der Waals surface area contributed by atoms with Crippen molar-refractivity contribution >= 4 is 17.2 Å². The third-order valence-electron chi connectivity index (χ3n) is 3.18. The van der Waals surface area contributed by atoms with Gasteiger partial charge in [-0.15, -0.1) is 11.3 Å². The molecule has 0 unspecified atom stereocenters. The fraction of sp³-hybridized carbons (Fsp3) is 0.533. The highest BCUT2D eigenvalue weighted by Crippen LogP contribution is 2.29. The number of rotatable bonds is 3. The topological polar surface area (TPSA) is 50.7 Å². The first-order chi connectivity index (χ1) is 9.36. The molecular weight excluding hydrogens is 268 g/mol. The van der Waals surface area contributed by atoms with Crippen LogP contribution in [-0.4, -0.2) is 22.0 Å². The predicted octanol–water partition coefficient (Wildman–Crippen LogP) is 3.81. The highest BCUT2D eigenvalue weighted by molar-refractivity contribution is 7.10. The van der Waals surface area contributed by atoms with Gasteiger partial charge in [0.25, 0.3) is 0 Å². The molecule has 0 aliphatic rings. The quantitative estimate of drug-likeness (QED) is 0.934. The lowest BCUT2D eigenvalue weighted by Crippen LogP contribution is -2.10. The van der Waals surface area contributed by atoms with Crippen molar-refractivity contribution in [1.82, 2.24) is 15.0 Å². The monoisotopic (exact) mass is 290 g/mol. The Kier molecular flexibility index (Phi) is 4.09. The Hall–Kier alpha value is -1.49. The number of anilines is 1. The van der Waals surface area contributed by atoms with Crippen LogP contribution in [0, 0.1) is 6.92 Å². The van der Waals surface area contributed by atoms with Gasteiger partial charge in [-0.25, -0.2) is 15.0 Å². The maximum absolute atomic E-state index is 4.69. The van der Waals surface area contributed by atoms with Crippen molar-refractivity contribution in [1.29, 1.82) is 0 Å². The first-order valence-electron chi connectivity index (χ1n) is 6.88. The highest BCUT2D eigenvalue weighted by Gasteiger charge is 2.20. The first kappa shape index (κ1) is 14.9. The van der Waals surface area contributed by atoms with Gasteiger partial charge in [0.1, 0.15) is 11.5 Å². The van der Waals surface area contributed by atoms with Crippen LogP contribution >= 0.6 is 11.3 Å². The van der Waals surface area contributed by atoms with Crippen LogP contribution in [0.25, 0.3) is 11.5 Å². The van der Waals surface area contributed by atoms with Gasteiger partial charge in [0.15, 0.2) is 5.82 Å². The highest BCUT2D eigenvalue weighted by atomic mass is 32.1. The summed E-state index contributed by atoms with van der Waals surface area (Å²) in [5.74, 6) is 1.61. The summed E-state index contributed by atoms with van der Waals surface area (Å²) < 4.78 is 0. The van der Waals surface area contributed by atoms with E-state index in [0.29, 0.717) is 5.82 Å². The minimum absolute atomic E-state index is 0.0627.